The number of amides is 1. The Hall–Kier alpha value is -2.19. The third-order valence-electron chi connectivity index (χ3n) is 3.84. The highest BCUT2D eigenvalue weighted by molar-refractivity contribution is 8.00. The second kappa shape index (κ2) is 8.46. The Labute approximate surface area is 159 Å². The minimum Gasteiger partial charge on any atom is -0.351 e. The van der Waals surface area contributed by atoms with Crippen molar-refractivity contribution in [2.75, 3.05) is 0 Å². The maximum absolute atomic E-state index is 13.6. The first-order valence-electron chi connectivity index (χ1n) is 8.25. The van der Waals surface area contributed by atoms with Crippen LogP contribution in [0.3, 0.4) is 0 Å². The molecule has 0 bridgehead atoms. The molecule has 3 aromatic rings. The fraction of sp³-hybridized carbons (Fsp3) is 0.278. The molecular formula is C18H19FN4OS2. The fourth-order valence-electron chi connectivity index (χ4n) is 2.43. The van der Waals surface area contributed by atoms with Gasteiger partial charge in [-0.25, -0.2) is 4.39 Å². The molecular weight excluding hydrogens is 371 g/mol. The van der Waals surface area contributed by atoms with Gasteiger partial charge in [-0.15, -0.1) is 21.5 Å². The number of halogens is 1. The van der Waals surface area contributed by atoms with Gasteiger partial charge >= 0.3 is 0 Å². The molecule has 1 unspecified atom stereocenters. The monoisotopic (exact) mass is 390 g/mol. The van der Waals surface area contributed by atoms with Gasteiger partial charge in [0.05, 0.1) is 10.1 Å². The van der Waals surface area contributed by atoms with E-state index in [1.165, 1.54) is 17.8 Å². The standard InChI is InChI=1S/C18H19FN4OS2/c1-3-23-16(15-9-6-10-25-15)21-22-18(23)26-12(2)17(24)20-11-13-7-4-5-8-14(13)19/h4-10,12H,3,11H2,1-2H3,(H,20,24). The smallest absolute Gasteiger partial charge is 0.233 e. The van der Waals surface area contributed by atoms with E-state index in [0.29, 0.717) is 17.3 Å². The number of thiophene rings is 1. The van der Waals surface area contributed by atoms with Crippen molar-refractivity contribution in [3.05, 3.63) is 53.2 Å². The number of carbonyl (C=O) groups excluding carboxylic acids is 1. The van der Waals surface area contributed by atoms with Crippen LogP contribution in [0.5, 0.6) is 0 Å². The number of thioether (sulfide) groups is 1. The average Bonchev–Trinajstić information content (AvgIpc) is 3.29. The first-order chi connectivity index (χ1) is 12.6. The van der Waals surface area contributed by atoms with Gasteiger partial charge in [0.2, 0.25) is 5.91 Å². The van der Waals surface area contributed by atoms with Gasteiger partial charge in [0.1, 0.15) is 5.82 Å². The number of benzene rings is 1. The molecule has 1 aromatic carbocycles. The van der Waals surface area contributed by atoms with Crippen molar-refractivity contribution in [3.63, 3.8) is 0 Å². The summed E-state index contributed by atoms with van der Waals surface area (Å²) in [7, 11) is 0. The summed E-state index contributed by atoms with van der Waals surface area (Å²) in [5.41, 5.74) is 0.467. The van der Waals surface area contributed by atoms with Crippen LogP contribution in [-0.2, 0) is 17.9 Å². The summed E-state index contributed by atoms with van der Waals surface area (Å²) in [4.78, 5) is 13.4. The van der Waals surface area contributed by atoms with E-state index in [2.05, 4.69) is 15.5 Å². The Kier molecular flexibility index (Phi) is 6.05. The van der Waals surface area contributed by atoms with E-state index in [9.17, 15) is 9.18 Å². The predicted molar refractivity (Wildman–Crippen MR) is 103 cm³/mol. The maximum atomic E-state index is 13.6. The van der Waals surface area contributed by atoms with Gasteiger partial charge in [0.25, 0.3) is 0 Å². The summed E-state index contributed by atoms with van der Waals surface area (Å²) in [6, 6.07) is 10.4. The van der Waals surface area contributed by atoms with Crippen molar-refractivity contribution in [3.8, 4) is 10.7 Å². The molecule has 2 aromatic heterocycles. The fourth-order valence-corrected chi connectivity index (χ4v) is 4.08. The lowest BCUT2D eigenvalue weighted by Gasteiger charge is -2.13. The zero-order valence-corrected chi connectivity index (χ0v) is 16.1. The molecule has 0 aliphatic carbocycles. The molecule has 0 fully saturated rings. The van der Waals surface area contributed by atoms with Gasteiger partial charge < -0.3 is 9.88 Å². The summed E-state index contributed by atoms with van der Waals surface area (Å²) in [6.45, 7) is 4.71. The number of rotatable bonds is 7. The largest absolute Gasteiger partial charge is 0.351 e. The second-order valence-electron chi connectivity index (χ2n) is 5.60. The van der Waals surface area contributed by atoms with Crippen LogP contribution in [0.4, 0.5) is 4.39 Å². The summed E-state index contributed by atoms with van der Waals surface area (Å²) in [5.74, 6) is 0.324. The zero-order chi connectivity index (χ0) is 18.5. The average molecular weight is 391 g/mol. The van der Waals surface area contributed by atoms with Crippen molar-refractivity contribution in [1.82, 2.24) is 20.1 Å². The van der Waals surface area contributed by atoms with Gasteiger partial charge in [0.15, 0.2) is 11.0 Å². The SMILES string of the molecule is CCn1c(SC(C)C(=O)NCc2ccccc2F)nnc1-c1cccs1. The number of carbonyl (C=O) groups is 1. The van der Waals surface area contributed by atoms with Crippen molar-refractivity contribution in [2.45, 2.75) is 37.3 Å². The molecule has 1 N–H and O–H groups in total. The Morgan fingerprint density at radius 3 is 2.81 bits per heavy atom. The normalized spacial score (nSPS) is 12.1. The van der Waals surface area contributed by atoms with Crippen molar-refractivity contribution in [1.29, 1.82) is 0 Å². The lowest BCUT2D eigenvalue weighted by Crippen LogP contribution is -2.31. The molecule has 136 valence electrons. The highest BCUT2D eigenvalue weighted by atomic mass is 32.2. The van der Waals surface area contributed by atoms with E-state index in [1.54, 1.807) is 36.5 Å². The van der Waals surface area contributed by atoms with Crippen LogP contribution in [0, 0.1) is 5.82 Å². The van der Waals surface area contributed by atoms with Crippen LogP contribution in [0.25, 0.3) is 10.7 Å². The minimum atomic E-state index is -0.368. The van der Waals surface area contributed by atoms with Gasteiger partial charge in [-0.05, 0) is 31.4 Å². The Balaban J connectivity index is 1.65. The summed E-state index contributed by atoms with van der Waals surface area (Å²) in [6.07, 6.45) is 0. The van der Waals surface area contributed by atoms with Crippen LogP contribution in [0.2, 0.25) is 0 Å². The third kappa shape index (κ3) is 4.13. The first-order valence-corrected chi connectivity index (χ1v) is 10.0. The summed E-state index contributed by atoms with van der Waals surface area (Å²) < 4.78 is 15.6. The molecule has 2 heterocycles. The van der Waals surface area contributed by atoms with E-state index in [0.717, 1.165) is 10.7 Å². The van der Waals surface area contributed by atoms with E-state index >= 15 is 0 Å². The van der Waals surface area contributed by atoms with Gasteiger partial charge in [-0.1, -0.05) is 36.0 Å². The second-order valence-corrected chi connectivity index (χ2v) is 7.85. The lowest BCUT2D eigenvalue weighted by molar-refractivity contribution is -0.120. The van der Waals surface area contributed by atoms with Crippen LogP contribution >= 0.6 is 23.1 Å². The molecule has 3 rings (SSSR count). The van der Waals surface area contributed by atoms with Gasteiger partial charge in [-0.3, -0.25) is 4.79 Å². The molecule has 5 nitrogen and oxygen atoms in total. The van der Waals surface area contributed by atoms with E-state index in [4.69, 9.17) is 0 Å². The van der Waals surface area contributed by atoms with E-state index in [-0.39, 0.29) is 23.5 Å². The Morgan fingerprint density at radius 1 is 1.31 bits per heavy atom. The zero-order valence-electron chi connectivity index (χ0n) is 14.5. The van der Waals surface area contributed by atoms with Crippen LogP contribution in [0.1, 0.15) is 19.4 Å². The first kappa shape index (κ1) is 18.6. The van der Waals surface area contributed by atoms with Crippen LogP contribution in [-0.4, -0.2) is 25.9 Å². The molecule has 0 aliphatic rings. The summed E-state index contributed by atoms with van der Waals surface area (Å²) >= 11 is 2.95. The molecule has 0 saturated heterocycles. The number of hydrogen-bond acceptors (Lipinski definition) is 5. The van der Waals surface area contributed by atoms with E-state index < -0.39 is 0 Å². The molecule has 0 aliphatic heterocycles. The Bertz CT molecular complexity index is 879. The molecule has 0 spiro atoms. The Morgan fingerprint density at radius 2 is 2.12 bits per heavy atom. The highest BCUT2D eigenvalue weighted by Gasteiger charge is 2.20. The number of aromatic nitrogens is 3. The molecule has 1 amide bonds. The lowest BCUT2D eigenvalue weighted by atomic mass is 10.2. The number of nitrogens with one attached hydrogen (secondary N) is 1. The van der Waals surface area contributed by atoms with Crippen LogP contribution < -0.4 is 5.32 Å². The minimum absolute atomic E-state index is 0.164. The molecule has 0 saturated carbocycles. The predicted octanol–water partition coefficient (Wildman–Crippen LogP) is 3.96. The van der Waals surface area contributed by atoms with Gasteiger partial charge in [-0.2, -0.15) is 0 Å². The van der Waals surface area contributed by atoms with Crippen molar-refractivity contribution in [2.24, 2.45) is 0 Å². The van der Waals surface area contributed by atoms with E-state index in [1.807, 2.05) is 29.0 Å². The molecule has 8 heteroatoms. The number of hydrogen-bond donors (Lipinski definition) is 1. The van der Waals surface area contributed by atoms with Crippen molar-refractivity contribution < 1.29 is 9.18 Å². The topological polar surface area (TPSA) is 59.8 Å². The van der Waals surface area contributed by atoms with Gasteiger partial charge in [0, 0.05) is 18.7 Å². The maximum Gasteiger partial charge on any atom is 0.233 e. The quantitative estimate of drug-likeness (QED) is 0.620. The van der Waals surface area contributed by atoms with Crippen LogP contribution in [0.15, 0.2) is 46.9 Å². The molecule has 26 heavy (non-hydrogen) atoms. The number of nitrogens with zero attached hydrogens (tertiary/aromatic N) is 3. The third-order valence-corrected chi connectivity index (χ3v) is 5.78. The van der Waals surface area contributed by atoms with Crippen molar-refractivity contribution >= 4 is 29.0 Å². The summed E-state index contributed by atoms with van der Waals surface area (Å²) in [5, 5.41) is 13.6. The molecule has 0 radical (unpaired) electrons. The highest BCUT2D eigenvalue weighted by Crippen LogP contribution is 2.29. The molecule has 1 atom stereocenters.